The number of halogens is 5. The van der Waals surface area contributed by atoms with Crippen LogP contribution in [0.5, 0.6) is 0 Å². The molecular formula is C13H9BrF4N2. The lowest BCUT2D eigenvalue weighted by atomic mass is 9.98. The first-order chi connectivity index (χ1) is 9.30. The summed E-state index contributed by atoms with van der Waals surface area (Å²) in [5, 5.41) is 0. The third-order valence-electron chi connectivity index (χ3n) is 2.79. The highest BCUT2D eigenvalue weighted by atomic mass is 79.9. The normalized spacial score (nSPS) is 13.3. The maximum atomic E-state index is 13.6. The first-order valence-corrected chi connectivity index (χ1v) is 6.31. The lowest BCUT2D eigenvalue weighted by Crippen LogP contribution is -2.15. The van der Waals surface area contributed by atoms with Crippen LogP contribution in [-0.2, 0) is 6.18 Å². The van der Waals surface area contributed by atoms with E-state index in [0.29, 0.717) is 0 Å². The first-order valence-electron chi connectivity index (χ1n) is 5.52. The average molecular weight is 349 g/mol. The zero-order valence-corrected chi connectivity index (χ0v) is 11.5. The zero-order chi connectivity index (χ0) is 14.9. The first kappa shape index (κ1) is 14.9. The molecule has 20 heavy (non-hydrogen) atoms. The van der Waals surface area contributed by atoms with E-state index in [2.05, 4.69) is 20.9 Å². The number of nitrogens with zero attached hydrogens (tertiary/aromatic N) is 1. The van der Waals surface area contributed by atoms with Crippen LogP contribution in [0.1, 0.15) is 22.7 Å². The number of pyridine rings is 1. The third kappa shape index (κ3) is 2.99. The molecule has 2 aromatic rings. The van der Waals surface area contributed by atoms with E-state index in [4.69, 9.17) is 5.73 Å². The van der Waals surface area contributed by atoms with Gasteiger partial charge in [0.25, 0.3) is 0 Å². The quantitative estimate of drug-likeness (QED) is 0.831. The van der Waals surface area contributed by atoms with Gasteiger partial charge in [-0.05, 0) is 23.8 Å². The molecule has 2 nitrogen and oxygen atoms in total. The van der Waals surface area contributed by atoms with Crippen LogP contribution in [0.15, 0.2) is 41.1 Å². The molecule has 0 radical (unpaired) electrons. The van der Waals surface area contributed by atoms with Gasteiger partial charge < -0.3 is 5.73 Å². The summed E-state index contributed by atoms with van der Waals surface area (Å²) >= 11 is 2.84. The highest BCUT2D eigenvalue weighted by Gasteiger charge is 2.33. The van der Waals surface area contributed by atoms with E-state index in [0.717, 1.165) is 12.3 Å². The van der Waals surface area contributed by atoms with Gasteiger partial charge in [-0.15, -0.1) is 0 Å². The van der Waals surface area contributed by atoms with E-state index in [1.807, 2.05) is 0 Å². The molecule has 0 saturated carbocycles. The molecule has 0 aliphatic carbocycles. The molecule has 0 saturated heterocycles. The highest BCUT2D eigenvalue weighted by Crippen LogP contribution is 2.36. The molecule has 0 spiro atoms. The van der Waals surface area contributed by atoms with E-state index in [9.17, 15) is 17.6 Å². The summed E-state index contributed by atoms with van der Waals surface area (Å²) in [7, 11) is 0. The van der Waals surface area contributed by atoms with E-state index in [1.54, 1.807) is 0 Å². The molecule has 1 atom stereocenters. The van der Waals surface area contributed by atoms with Gasteiger partial charge in [0.2, 0.25) is 0 Å². The standard InChI is InChI=1S/C13H9BrF4N2/c14-10-2-1-7(5-9(10)13(16,17)18)12(19)8-3-4-20-6-11(8)15/h1-6,12H,19H2. The average Bonchev–Trinajstić information content (AvgIpc) is 2.37. The molecule has 1 heterocycles. The summed E-state index contributed by atoms with van der Waals surface area (Å²) in [5.41, 5.74) is 5.25. The van der Waals surface area contributed by atoms with E-state index >= 15 is 0 Å². The molecular weight excluding hydrogens is 340 g/mol. The Morgan fingerprint density at radius 3 is 2.50 bits per heavy atom. The molecule has 0 bridgehead atoms. The Morgan fingerprint density at radius 2 is 1.90 bits per heavy atom. The third-order valence-corrected chi connectivity index (χ3v) is 3.49. The SMILES string of the molecule is NC(c1ccc(Br)c(C(F)(F)F)c1)c1ccncc1F. The predicted octanol–water partition coefficient (Wildman–Crippen LogP) is 4.05. The Balaban J connectivity index is 2.46. The smallest absolute Gasteiger partial charge is 0.320 e. The van der Waals surface area contributed by atoms with Gasteiger partial charge in [-0.25, -0.2) is 4.39 Å². The van der Waals surface area contributed by atoms with Gasteiger partial charge in [-0.3, -0.25) is 4.98 Å². The minimum Gasteiger partial charge on any atom is -0.320 e. The number of nitrogens with two attached hydrogens (primary N) is 1. The van der Waals surface area contributed by atoms with Crippen LogP contribution in [0, 0.1) is 5.82 Å². The topological polar surface area (TPSA) is 38.9 Å². The van der Waals surface area contributed by atoms with Crippen molar-refractivity contribution in [3.8, 4) is 0 Å². The number of hydrogen-bond acceptors (Lipinski definition) is 2. The fraction of sp³-hybridized carbons (Fsp3) is 0.154. The lowest BCUT2D eigenvalue weighted by molar-refractivity contribution is -0.138. The molecule has 0 aliphatic heterocycles. The van der Waals surface area contributed by atoms with Crippen molar-refractivity contribution in [1.29, 1.82) is 0 Å². The fourth-order valence-electron chi connectivity index (χ4n) is 1.77. The maximum absolute atomic E-state index is 13.6. The van der Waals surface area contributed by atoms with Crippen molar-refractivity contribution in [2.75, 3.05) is 0 Å². The Kier molecular flexibility index (Phi) is 4.10. The number of aromatic nitrogens is 1. The fourth-order valence-corrected chi connectivity index (χ4v) is 2.24. The summed E-state index contributed by atoms with van der Waals surface area (Å²) in [6.45, 7) is 0. The molecule has 1 unspecified atom stereocenters. The lowest BCUT2D eigenvalue weighted by Gasteiger charge is -2.16. The van der Waals surface area contributed by atoms with Gasteiger partial charge >= 0.3 is 6.18 Å². The summed E-state index contributed by atoms with van der Waals surface area (Å²) < 4.78 is 51.9. The molecule has 1 aromatic heterocycles. The van der Waals surface area contributed by atoms with Crippen LogP contribution in [0.3, 0.4) is 0 Å². The van der Waals surface area contributed by atoms with Gasteiger partial charge in [0.15, 0.2) is 0 Å². The van der Waals surface area contributed by atoms with Crippen molar-refractivity contribution in [3.05, 3.63) is 63.6 Å². The number of benzene rings is 1. The maximum Gasteiger partial charge on any atom is 0.417 e. The number of rotatable bonds is 2. The second-order valence-electron chi connectivity index (χ2n) is 4.11. The second kappa shape index (κ2) is 5.49. The molecule has 106 valence electrons. The predicted molar refractivity (Wildman–Crippen MR) is 69.4 cm³/mol. The molecule has 1 aromatic carbocycles. The van der Waals surface area contributed by atoms with Crippen molar-refractivity contribution >= 4 is 15.9 Å². The molecule has 7 heteroatoms. The van der Waals surface area contributed by atoms with E-state index in [1.165, 1.54) is 24.4 Å². The number of alkyl halides is 3. The minimum atomic E-state index is -4.51. The van der Waals surface area contributed by atoms with Crippen LogP contribution in [0.25, 0.3) is 0 Å². The van der Waals surface area contributed by atoms with Crippen LogP contribution in [0.2, 0.25) is 0 Å². The summed E-state index contributed by atoms with van der Waals surface area (Å²) in [4.78, 5) is 3.57. The largest absolute Gasteiger partial charge is 0.417 e. The van der Waals surface area contributed by atoms with Crippen LogP contribution >= 0.6 is 15.9 Å². The van der Waals surface area contributed by atoms with E-state index < -0.39 is 23.6 Å². The van der Waals surface area contributed by atoms with Crippen molar-refractivity contribution in [1.82, 2.24) is 4.98 Å². The van der Waals surface area contributed by atoms with Crippen molar-refractivity contribution in [3.63, 3.8) is 0 Å². The second-order valence-corrected chi connectivity index (χ2v) is 4.97. The highest BCUT2D eigenvalue weighted by molar-refractivity contribution is 9.10. The van der Waals surface area contributed by atoms with Crippen LogP contribution in [-0.4, -0.2) is 4.98 Å². The minimum absolute atomic E-state index is 0.0869. The van der Waals surface area contributed by atoms with Gasteiger partial charge in [0.1, 0.15) is 5.82 Å². The molecule has 0 aliphatic rings. The van der Waals surface area contributed by atoms with E-state index in [-0.39, 0.29) is 15.6 Å². The van der Waals surface area contributed by atoms with Crippen molar-refractivity contribution in [2.24, 2.45) is 5.73 Å². The summed E-state index contributed by atoms with van der Waals surface area (Å²) in [6, 6.07) is 3.93. The van der Waals surface area contributed by atoms with Gasteiger partial charge in [-0.1, -0.05) is 22.0 Å². The van der Waals surface area contributed by atoms with Gasteiger partial charge in [0.05, 0.1) is 17.8 Å². The molecule has 2 rings (SSSR count). The summed E-state index contributed by atoms with van der Waals surface area (Å²) in [5.74, 6) is -0.656. The molecule has 0 amide bonds. The summed E-state index contributed by atoms with van der Waals surface area (Å²) in [6.07, 6.45) is -2.20. The Labute approximate surface area is 120 Å². The van der Waals surface area contributed by atoms with Crippen molar-refractivity contribution in [2.45, 2.75) is 12.2 Å². The molecule has 0 fully saturated rings. The van der Waals surface area contributed by atoms with Crippen LogP contribution < -0.4 is 5.73 Å². The van der Waals surface area contributed by atoms with Gasteiger partial charge in [-0.2, -0.15) is 13.2 Å². The Bertz CT molecular complexity index is 628. The van der Waals surface area contributed by atoms with Crippen molar-refractivity contribution < 1.29 is 17.6 Å². The zero-order valence-electron chi connectivity index (χ0n) is 9.96. The monoisotopic (exact) mass is 348 g/mol. The Morgan fingerprint density at radius 1 is 1.20 bits per heavy atom. The van der Waals surface area contributed by atoms with Gasteiger partial charge in [0, 0.05) is 16.2 Å². The Hall–Kier alpha value is -1.47. The van der Waals surface area contributed by atoms with Crippen LogP contribution in [0.4, 0.5) is 17.6 Å². The molecule has 2 N–H and O–H groups in total. The number of hydrogen-bond donors (Lipinski definition) is 1.